The van der Waals surface area contributed by atoms with Crippen molar-refractivity contribution >= 4 is 17.5 Å². The number of nitrogens with one attached hydrogen (secondary N) is 1. The second-order valence-corrected chi connectivity index (χ2v) is 9.31. The van der Waals surface area contributed by atoms with E-state index in [-0.39, 0.29) is 28.8 Å². The normalized spacial score (nSPS) is 15.5. The molecule has 2 N–H and O–H groups in total. The van der Waals surface area contributed by atoms with Gasteiger partial charge in [-0.2, -0.15) is 0 Å². The summed E-state index contributed by atoms with van der Waals surface area (Å²) in [5, 5.41) is 13.2. The lowest BCUT2D eigenvalue weighted by Crippen LogP contribution is -2.46. The summed E-state index contributed by atoms with van der Waals surface area (Å²) < 4.78 is 31.8. The van der Waals surface area contributed by atoms with E-state index in [4.69, 9.17) is 14.2 Å². The molecule has 38 heavy (non-hydrogen) atoms. The third kappa shape index (κ3) is 5.09. The van der Waals surface area contributed by atoms with Crippen LogP contribution in [0.3, 0.4) is 0 Å². The van der Waals surface area contributed by atoms with Gasteiger partial charge in [0.1, 0.15) is 25.1 Å². The number of anilines is 1. The van der Waals surface area contributed by atoms with Crippen LogP contribution in [-0.2, 0) is 4.79 Å². The minimum Gasteiger partial charge on any atom is -0.504 e. The van der Waals surface area contributed by atoms with Crippen molar-refractivity contribution in [2.75, 3.05) is 25.2 Å². The van der Waals surface area contributed by atoms with Gasteiger partial charge < -0.3 is 24.6 Å². The smallest absolute Gasteiger partial charge is 0.259 e. The first-order valence-electron chi connectivity index (χ1n) is 12.6. The van der Waals surface area contributed by atoms with Gasteiger partial charge in [-0.15, -0.1) is 0 Å². The molecule has 1 saturated carbocycles. The Hall–Kier alpha value is -4.27. The summed E-state index contributed by atoms with van der Waals surface area (Å²) in [6.07, 6.45) is 3.64. The van der Waals surface area contributed by atoms with Crippen LogP contribution >= 0.6 is 0 Å². The van der Waals surface area contributed by atoms with Gasteiger partial charge in [-0.25, -0.2) is 4.39 Å². The number of ether oxygens (including phenoxy) is 3. The van der Waals surface area contributed by atoms with Crippen molar-refractivity contribution in [3.63, 3.8) is 0 Å². The van der Waals surface area contributed by atoms with Gasteiger partial charge in [-0.1, -0.05) is 31.0 Å². The molecule has 1 atom stereocenters. The molecule has 198 valence electrons. The number of carbonyl (C=O) groups excluding carboxylic acids is 2. The Balaban J connectivity index is 1.64. The van der Waals surface area contributed by atoms with Crippen molar-refractivity contribution in [3.05, 3.63) is 77.6 Å². The summed E-state index contributed by atoms with van der Waals surface area (Å²) in [6.45, 7) is 0.731. The zero-order chi connectivity index (χ0) is 26.6. The number of aromatic hydroxyl groups is 1. The lowest BCUT2D eigenvalue weighted by atomic mass is 10.00. The number of hydrogen-bond donors (Lipinski definition) is 2. The van der Waals surface area contributed by atoms with Crippen LogP contribution in [-0.4, -0.2) is 43.3 Å². The van der Waals surface area contributed by atoms with Crippen molar-refractivity contribution in [2.45, 2.75) is 37.8 Å². The summed E-state index contributed by atoms with van der Waals surface area (Å²) in [5.41, 5.74) is 0.484. The van der Waals surface area contributed by atoms with Gasteiger partial charge in [0.15, 0.2) is 23.0 Å². The van der Waals surface area contributed by atoms with E-state index >= 15 is 4.39 Å². The fraction of sp³-hybridized carbons (Fsp3) is 0.310. The van der Waals surface area contributed by atoms with Gasteiger partial charge in [0.05, 0.1) is 12.8 Å². The van der Waals surface area contributed by atoms with E-state index in [1.54, 1.807) is 18.2 Å². The molecular weight excluding hydrogens is 491 g/mol. The molecule has 1 aliphatic heterocycles. The number of phenols is 1. The topological polar surface area (TPSA) is 97.3 Å². The molecule has 0 radical (unpaired) electrons. The maximum Gasteiger partial charge on any atom is 0.259 e. The van der Waals surface area contributed by atoms with Gasteiger partial charge >= 0.3 is 0 Å². The van der Waals surface area contributed by atoms with Gasteiger partial charge in [-0.3, -0.25) is 14.5 Å². The van der Waals surface area contributed by atoms with Crippen LogP contribution in [0.1, 0.15) is 47.6 Å². The molecule has 0 saturated heterocycles. The fourth-order valence-corrected chi connectivity index (χ4v) is 4.96. The number of hydrogen-bond acceptors (Lipinski definition) is 6. The minimum absolute atomic E-state index is 0.0455. The number of methoxy groups -OCH3 is 1. The van der Waals surface area contributed by atoms with E-state index in [1.165, 1.54) is 49.6 Å². The first-order valence-corrected chi connectivity index (χ1v) is 12.6. The van der Waals surface area contributed by atoms with Crippen molar-refractivity contribution in [1.29, 1.82) is 0 Å². The molecule has 3 aromatic rings. The predicted molar refractivity (Wildman–Crippen MR) is 138 cm³/mol. The molecule has 1 heterocycles. The Labute approximate surface area is 219 Å². The molecular formula is C29H29FN2O6. The van der Waals surface area contributed by atoms with Crippen LogP contribution in [0.5, 0.6) is 23.0 Å². The summed E-state index contributed by atoms with van der Waals surface area (Å²) in [4.78, 5) is 29.2. The highest BCUT2D eigenvalue weighted by Gasteiger charge is 2.37. The van der Waals surface area contributed by atoms with Crippen molar-refractivity contribution < 1.29 is 33.3 Å². The average Bonchev–Trinajstić information content (AvgIpc) is 3.45. The molecule has 0 spiro atoms. The van der Waals surface area contributed by atoms with Crippen LogP contribution in [0.4, 0.5) is 10.1 Å². The van der Waals surface area contributed by atoms with Gasteiger partial charge in [0.25, 0.3) is 5.91 Å². The maximum atomic E-state index is 15.3. The predicted octanol–water partition coefficient (Wildman–Crippen LogP) is 4.76. The number of rotatable bonds is 7. The van der Waals surface area contributed by atoms with Crippen LogP contribution in [0, 0.1) is 5.82 Å². The Kier molecular flexibility index (Phi) is 7.35. The molecule has 0 bridgehead atoms. The number of para-hydroxylation sites is 1. The Morgan fingerprint density at radius 2 is 1.76 bits per heavy atom. The monoisotopic (exact) mass is 520 g/mol. The molecule has 5 rings (SSSR count). The first-order chi connectivity index (χ1) is 18.5. The fourth-order valence-electron chi connectivity index (χ4n) is 4.96. The third-order valence-corrected chi connectivity index (χ3v) is 6.85. The molecule has 3 aromatic carbocycles. The quantitative estimate of drug-likeness (QED) is 0.466. The zero-order valence-corrected chi connectivity index (χ0v) is 21.0. The summed E-state index contributed by atoms with van der Waals surface area (Å²) in [6, 6.07) is 13.6. The molecule has 1 fully saturated rings. The highest BCUT2D eigenvalue weighted by molar-refractivity contribution is 6.10. The lowest BCUT2D eigenvalue weighted by molar-refractivity contribution is -0.123. The number of halogens is 1. The summed E-state index contributed by atoms with van der Waals surface area (Å²) >= 11 is 0. The minimum atomic E-state index is -1.26. The number of amides is 2. The Morgan fingerprint density at radius 1 is 1.03 bits per heavy atom. The zero-order valence-electron chi connectivity index (χ0n) is 21.0. The molecule has 2 aliphatic rings. The molecule has 0 aromatic heterocycles. The van der Waals surface area contributed by atoms with E-state index in [2.05, 4.69) is 5.32 Å². The number of nitrogens with zero attached hydrogens (tertiary/aromatic N) is 1. The number of carbonyl (C=O) groups is 2. The standard InChI is InChI=1S/C29H29FN2O6/c1-36-25-16-18(10-12-23(25)33)27(28(34)31-20-6-2-3-7-20)32(22-9-5-4-8-21(22)30)29(35)19-11-13-24-26(17-19)38-15-14-37-24/h4-5,8-13,16-17,20,27,33H,2-3,6-7,14-15H2,1H3,(H,31,34). The molecule has 1 aliphatic carbocycles. The SMILES string of the molecule is COc1cc(C(C(=O)NC2CCCC2)N(C(=O)c2ccc3c(c2)OCCO3)c2ccccc2F)ccc1O. The summed E-state index contributed by atoms with van der Waals surface area (Å²) in [7, 11) is 1.39. The second kappa shape index (κ2) is 11.0. The van der Waals surface area contributed by atoms with Gasteiger partial charge in [0.2, 0.25) is 5.91 Å². The third-order valence-electron chi connectivity index (χ3n) is 6.85. The van der Waals surface area contributed by atoms with E-state index in [9.17, 15) is 14.7 Å². The molecule has 8 nitrogen and oxygen atoms in total. The Bertz CT molecular complexity index is 1340. The number of benzene rings is 3. The van der Waals surface area contributed by atoms with Crippen molar-refractivity contribution in [3.8, 4) is 23.0 Å². The molecule has 2 amide bonds. The maximum absolute atomic E-state index is 15.3. The van der Waals surface area contributed by atoms with Crippen LogP contribution in [0.15, 0.2) is 60.7 Å². The Morgan fingerprint density at radius 3 is 2.50 bits per heavy atom. The van der Waals surface area contributed by atoms with Gasteiger partial charge in [-0.05, 0) is 60.9 Å². The van der Waals surface area contributed by atoms with Crippen LogP contribution in [0.25, 0.3) is 0 Å². The van der Waals surface area contributed by atoms with Crippen molar-refractivity contribution in [1.82, 2.24) is 5.32 Å². The largest absolute Gasteiger partial charge is 0.504 e. The lowest BCUT2D eigenvalue weighted by Gasteiger charge is -2.33. The highest BCUT2D eigenvalue weighted by Crippen LogP contribution is 2.37. The molecule has 9 heteroatoms. The summed E-state index contributed by atoms with van der Waals surface area (Å²) in [5.74, 6) is -0.826. The first kappa shape index (κ1) is 25.4. The van der Waals surface area contributed by atoms with Gasteiger partial charge in [0, 0.05) is 11.6 Å². The highest BCUT2D eigenvalue weighted by atomic mass is 19.1. The van der Waals surface area contributed by atoms with Crippen LogP contribution < -0.4 is 24.4 Å². The number of fused-ring (bicyclic) bond motifs is 1. The van der Waals surface area contributed by atoms with Crippen molar-refractivity contribution in [2.24, 2.45) is 0 Å². The van der Waals surface area contributed by atoms with Crippen LogP contribution in [0.2, 0.25) is 0 Å². The number of phenolic OH excluding ortho intramolecular Hbond substituents is 1. The molecule has 1 unspecified atom stereocenters. The van der Waals surface area contributed by atoms with E-state index in [1.807, 2.05) is 0 Å². The van der Waals surface area contributed by atoms with E-state index in [0.717, 1.165) is 30.6 Å². The van der Waals surface area contributed by atoms with E-state index < -0.39 is 23.7 Å². The average molecular weight is 521 g/mol. The second-order valence-electron chi connectivity index (χ2n) is 9.31. The van der Waals surface area contributed by atoms with E-state index in [0.29, 0.717) is 30.3 Å².